The van der Waals surface area contributed by atoms with Crippen LogP contribution in [0.3, 0.4) is 0 Å². The lowest BCUT2D eigenvalue weighted by Gasteiger charge is -1.72. The van der Waals surface area contributed by atoms with Crippen molar-refractivity contribution < 1.29 is 0 Å². The molecule has 0 aliphatic heterocycles. The number of rotatable bonds is 3. The second-order valence-electron chi connectivity index (χ2n) is 1.45. The number of allylic oxidation sites excluding steroid dienone is 4. The van der Waals surface area contributed by atoms with E-state index in [-0.39, 0.29) is 0 Å². The molecule has 0 aromatic rings. The summed E-state index contributed by atoms with van der Waals surface area (Å²) in [5.74, 6) is 0. The van der Waals surface area contributed by atoms with Crippen LogP contribution in [0.15, 0.2) is 12.2 Å². The van der Waals surface area contributed by atoms with Gasteiger partial charge in [-0.2, -0.15) is 0 Å². The molecule has 0 aromatic carbocycles. The third-order valence-electron chi connectivity index (χ3n) is 0.727. The summed E-state index contributed by atoms with van der Waals surface area (Å²) >= 11 is 0. The summed E-state index contributed by atoms with van der Waals surface area (Å²) in [5, 5.41) is 0. The minimum atomic E-state index is 0.988. The van der Waals surface area contributed by atoms with Gasteiger partial charge in [-0.05, 0) is 25.0 Å². The molecule has 0 saturated carbocycles. The minimum Gasteiger partial charge on any atom is -0.0613 e. The quantitative estimate of drug-likeness (QED) is 0.487. The summed E-state index contributed by atoms with van der Waals surface area (Å²) in [6.45, 7) is 4.13. The number of hydrogen-bond acceptors (Lipinski definition) is 0. The molecule has 0 N–H and O–H groups in total. The Balaban J connectivity index is 3.13. The molecule has 0 aromatic heterocycles. The molecule has 0 saturated heterocycles. The van der Waals surface area contributed by atoms with Gasteiger partial charge in [-0.1, -0.05) is 26.0 Å². The molecule has 44 valence electrons. The van der Waals surface area contributed by atoms with Crippen molar-refractivity contribution in [3.05, 3.63) is 24.3 Å². The van der Waals surface area contributed by atoms with Gasteiger partial charge in [-0.3, -0.25) is 0 Å². The van der Waals surface area contributed by atoms with Crippen molar-refractivity contribution in [3.63, 3.8) is 0 Å². The maximum absolute atomic E-state index is 3.04. The topological polar surface area (TPSA) is 0 Å². The molecule has 0 aliphatic carbocycles. The molecular formula is C8H12. The van der Waals surface area contributed by atoms with Gasteiger partial charge in [-0.25, -0.2) is 0 Å². The molecule has 0 amide bonds. The maximum atomic E-state index is 3.04. The zero-order valence-corrected chi connectivity index (χ0v) is 5.57. The number of hydrogen-bond donors (Lipinski definition) is 0. The van der Waals surface area contributed by atoms with Crippen LogP contribution in [0.5, 0.6) is 0 Å². The lowest BCUT2D eigenvalue weighted by Crippen LogP contribution is -1.54. The lowest BCUT2D eigenvalue weighted by molar-refractivity contribution is 1.17. The molecular weight excluding hydrogens is 96.1 g/mol. The highest BCUT2D eigenvalue weighted by molar-refractivity contribution is 4.93. The predicted molar refractivity (Wildman–Crippen MR) is 36.2 cm³/mol. The zero-order chi connectivity index (χ0) is 6.24. The van der Waals surface area contributed by atoms with E-state index in [2.05, 4.69) is 26.0 Å². The third-order valence-corrected chi connectivity index (χ3v) is 0.727. The van der Waals surface area contributed by atoms with Gasteiger partial charge in [0.25, 0.3) is 0 Å². The SMILES string of the molecule is CC/[C]=C\C=[C]/CC. The second-order valence-corrected chi connectivity index (χ2v) is 1.45. The monoisotopic (exact) mass is 108 g/mol. The highest BCUT2D eigenvalue weighted by Gasteiger charge is 1.63. The van der Waals surface area contributed by atoms with Crippen LogP contribution in [0.2, 0.25) is 0 Å². The van der Waals surface area contributed by atoms with Gasteiger partial charge in [0.1, 0.15) is 0 Å². The van der Waals surface area contributed by atoms with E-state index in [0.717, 1.165) is 12.8 Å². The van der Waals surface area contributed by atoms with Gasteiger partial charge in [0.05, 0.1) is 0 Å². The molecule has 0 atom stereocenters. The van der Waals surface area contributed by atoms with Crippen LogP contribution in [0.25, 0.3) is 0 Å². The van der Waals surface area contributed by atoms with Gasteiger partial charge < -0.3 is 0 Å². The molecule has 0 bridgehead atoms. The van der Waals surface area contributed by atoms with Crippen LogP contribution in [0, 0.1) is 12.2 Å². The second kappa shape index (κ2) is 6.48. The summed E-state index contributed by atoms with van der Waals surface area (Å²) < 4.78 is 0. The van der Waals surface area contributed by atoms with Crippen LogP contribution in [0.1, 0.15) is 26.7 Å². The fourth-order valence-electron chi connectivity index (χ4n) is 0.354. The largest absolute Gasteiger partial charge is 0.0613 e. The van der Waals surface area contributed by atoms with Gasteiger partial charge in [0.15, 0.2) is 0 Å². The summed E-state index contributed by atoms with van der Waals surface area (Å²) in [5.41, 5.74) is 0. The van der Waals surface area contributed by atoms with Crippen molar-refractivity contribution in [2.75, 3.05) is 0 Å². The summed E-state index contributed by atoms with van der Waals surface area (Å²) in [6.07, 6.45) is 11.9. The van der Waals surface area contributed by atoms with Crippen molar-refractivity contribution in [2.24, 2.45) is 0 Å². The zero-order valence-electron chi connectivity index (χ0n) is 5.57. The molecule has 0 nitrogen and oxygen atoms in total. The normalized spacial score (nSPS) is 11.8. The smallest absolute Gasteiger partial charge is 0.0305 e. The molecule has 0 unspecified atom stereocenters. The van der Waals surface area contributed by atoms with Gasteiger partial charge >= 0.3 is 0 Å². The Morgan fingerprint density at radius 2 is 1.38 bits per heavy atom. The van der Waals surface area contributed by atoms with E-state index >= 15 is 0 Å². The Morgan fingerprint density at radius 3 is 1.62 bits per heavy atom. The Kier molecular flexibility index (Phi) is 6.06. The fourth-order valence-corrected chi connectivity index (χ4v) is 0.354. The van der Waals surface area contributed by atoms with Crippen LogP contribution in [0.4, 0.5) is 0 Å². The van der Waals surface area contributed by atoms with Crippen LogP contribution >= 0.6 is 0 Å². The van der Waals surface area contributed by atoms with Crippen molar-refractivity contribution in [2.45, 2.75) is 26.7 Å². The van der Waals surface area contributed by atoms with Gasteiger partial charge in [0, 0.05) is 0 Å². The highest BCUT2D eigenvalue weighted by atomic mass is 13.7. The van der Waals surface area contributed by atoms with E-state index in [4.69, 9.17) is 0 Å². The standard InChI is InChI=1S/C8H12/c1-3-5-7-8-6-4-2/h7-8H,3-4H2,1-2H3. The van der Waals surface area contributed by atoms with Crippen LogP contribution in [-0.2, 0) is 0 Å². The highest BCUT2D eigenvalue weighted by Crippen LogP contribution is 1.81. The predicted octanol–water partition coefficient (Wildman–Crippen LogP) is 2.53. The molecule has 8 heavy (non-hydrogen) atoms. The molecule has 0 spiro atoms. The van der Waals surface area contributed by atoms with Crippen molar-refractivity contribution >= 4 is 0 Å². The van der Waals surface area contributed by atoms with Crippen LogP contribution < -0.4 is 0 Å². The molecule has 0 rings (SSSR count). The minimum absolute atomic E-state index is 0.988. The molecule has 0 fully saturated rings. The van der Waals surface area contributed by atoms with E-state index in [0.29, 0.717) is 0 Å². The van der Waals surface area contributed by atoms with Gasteiger partial charge in [-0.15, -0.1) is 0 Å². The Bertz CT molecular complexity index is 66.0. The average molecular weight is 108 g/mol. The van der Waals surface area contributed by atoms with E-state index < -0.39 is 0 Å². The maximum Gasteiger partial charge on any atom is -0.0305 e. The van der Waals surface area contributed by atoms with E-state index in [1.807, 2.05) is 12.2 Å². The Hall–Kier alpha value is -0.520. The first-order valence-corrected chi connectivity index (χ1v) is 3.03. The average Bonchev–Trinajstić information content (AvgIpc) is 1.81. The third kappa shape index (κ3) is 5.48. The molecule has 2 radical (unpaired) electrons. The van der Waals surface area contributed by atoms with Crippen LogP contribution in [-0.4, -0.2) is 0 Å². The summed E-state index contributed by atoms with van der Waals surface area (Å²) in [4.78, 5) is 0. The molecule has 0 heteroatoms. The summed E-state index contributed by atoms with van der Waals surface area (Å²) in [6, 6.07) is 0. The Labute approximate surface area is 51.9 Å². The first kappa shape index (κ1) is 7.48. The van der Waals surface area contributed by atoms with Gasteiger partial charge in [0.2, 0.25) is 0 Å². The summed E-state index contributed by atoms with van der Waals surface area (Å²) in [7, 11) is 0. The van der Waals surface area contributed by atoms with Crippen molar-refractivity contribution in [3.8, 4) is 0 Å². The fraction of sp³-hybridized carbons (Fsp3) is 0.500. The Morgan fingerprint density at radius 1 is 1.00 bits per heavy atom. The van der Waals surface area contributed by atoms with Crippen molar-refractivity contribution in [1.82, 2.24) is 0 Å². The first-order valence-electron chi connectivity index (χ1n) is 3.03. The van der Waals surface area contributed by atoms with Crippen molar-refractivity contribution in [1.29, 1.82) is 0 Å². The first-order chi connectivity index (χ1) is 3.91. The molecule has 0 aliphatic rings. The van der Waals surface area contributed by atoms with E-state index in [1.165, 1.54) is 0 Å². The molecule has 0 heterocycles. The lowest BCUT2D eigenvalue weighted by atomic mass is 10.3. The van der Waals surface area contributed by atoms with E-state index in [9.17, 15) is 0 Å². The van der Waals surface area contributed by atoms with E-state index in [1.54, 1.807) is 0 Å².